The predicted molar refractivity (Wildman–Crippen MR) is 113 cm³/mol. The minimum atomic E-state index is -0.707. The van der Waals surface area contributed by atoms with Crippen LogP contribution in [-0.2, 0) is 14.3 Å². The number of rotatable bonds is 8. The molecule has 3 atom stereocenters. The summed E-state index contributed by atoms with van der Waals surface area (Å²) in [6.45, 7) is 7.04. The van der Waals surface area contributed by atoms with Crippen molar-refractivity contribution in [3.8, 4) is 5.75 Å². The molecule has 5 heteroatoms. The highest BCUT2D eigenvalue weighted by Gasteiger charge is 2.27. The summed E-state index contributed by atoms with van der Waals surface area (Å²) in [6.07, 6.45) is 1.84. The van der Waals surface area contributed by atoms with Crippen molar-refractivity contribution < 1.29 is 19.0 Å². The van der Waals surface area contributed by atoms with Gasteiger partial charge in [-0.1, -0.05) is 48.5 Å². The highest BCUT2D eigenvalue weighted by Crippen LogP contribution is 2.25. The summed E-state index contributed by atoms with van der Waals surface area (Å²) >= 11 is 0. The molecule has 0 radical (unpaired) electrons. The fourth-order valence-electron chi connectivity index (χ4n) is 3.49. The highest BCUT2D eigenvalue weighted by atomic mass is 16.7. The Morgan fingerprint density at radius 3 is 2.48 bits per heavy atom. The lowest BCUT2D eigenvalue weighted by Gasteiger charge is -2.28. The third-order valence-electron chi connectivity index (χ3n) is 5.04. The first-order valence-corrected chi connectivity index (χ1v) is 10.4. The number of ether oxygens (including phenoxy) is 3. The number of amides is 1. The van der Waals surface area contributed by atoms with Gasteiger partial charge in [0.15, 0.2) is 12.4 Å². The summed E-state index contributed by atoms with van der Waals surface area (Å²) in [5.41, 5.74) is 2.99. The largest absolute Gasteiger partial charge is 0.491 e. The van der Waals surface area contributed by atoms with Crippen molar-refractivity contribution >= 4 is 5.91 Å². The van der Waals surface area contributed by atoms with E-state index in [1.807, 2.05) is 69.3 Å². The molecule has 0 aliphatic carbocycles. The van der Waals surface area contributed by atoms with E-state index >= 15 is 0 Å². The number of benzene rings is 2. The molecule has 29 heavy (non-hydrogen) atoms. The van der Waals surface area contributed by atoms with Crippen LogP contribution in [0.4, 0.5) is 0 Å². The van der Waals surface area contributed by atoms with Crippen LogP contribution in [0.5, 0.6) is 5.75 Å². The summed E-state index contributed by atoms with van der Waals surface area (Å²) in [4.78, 5) is 13.0. The molecular weight excluding hydrogens is 366 g/mol. The Balaban J connectivity index is 1.62. The van der Waals surface area contributed by atoms with Crippen molar-refractivity contribution in [2.75, 3.05) is 13.2 Å². The molecule has 1 N–H and O–H groups in total. The van der Waals surface area contributed by atoms with Crippen molar-refractivity contribution in [2.24, 2.45) is 0 Å². The van der Waals surface area contributed by atoms with Gasteiger partial charge < -0.3 is 19.5 Å². The third kappa shape index (κ3) is 6.05. The summed E-state index contributed by atoms with van der Waals surface area (Å²) in [7, 11) is 0. The van der Waals surface area contributed by atoms with Crippen LogP contribution in [0.25, 0.3) is 0 Å². The minimum absolute atomic E-state index is 0.163. The molecule has 3 rings (SSSR count). The lowest BCUT2D eigenvalue weighted by Crippen LogP contribution is -2.41. The first kappa shape index (κ1) is 21.3. The smallest absolute Gasteiger partial charge is 0.254 e. The van der Waals surface area contributed by atoms with Gasteiger partial charge in [-0.25, -0.2) is 0 Å². The third-order valence-corrected chi connectivity index (χ3v) is 5.04. The minimum Gasteiger partial charge on any atom is -0.491 e. The van der Waals surface area contributed by atoms with Gasteiger partial charge in [0.1, 0.15) is 12.4 Å². The number of nitrogens with one attached hydrogen (secondary N) is 1. The summed E-state index contributed by atoms with van der Waals surface area (Å²) in [6, 6.07) is 15.5. The molecule has 156 valence electrons. The molecule has 1 unspecified atom stereocenters. The first-order chi connectivity index (χ1) is 14.0. The second-order valence-corrected chi connectivity index (χ2v) is 7.66. The topological polar surface area (TPSA) is 56.8 Å². The van der Waals surface area contributed by atoms with E-state index < -0.39 is 6.10 Å². The summed E-state index contributed by atoms with van der Waals surface area (Å²) in [5, 5.41) is 3.03. The standard InChI is InChI=1S/C24H31NO4/c1-17-10-9-11-18(2)22(17)28-16-19(3)25-24(26)23(20-12-5-4-6-13-20)29-21-14-7-8-15-27-21/h4-6,9-13,19,21,23H,7-8,14-16H2,1-3H3,(H,25,26)/t19-,21?,23+/m0/s1. The van der Waals surface area contributed by atoms with E-state index in [1.54, 1.807) is 0 Å². The van der Waals surface area contributed by atoms with Gasteiger partial charge in [0.2, 0.25) is 0 Å². The van der Waals surface area contributed by atoms with E-state index in [0.29, 0.717) is 13.2 Å². The number of para-hydroxylation sites is 1. The highest BCUT2D eigenvalue weighted by molar-refractivity contribution is 5.82. The van der Waals surface area contributed by atoms with Crippen molar-refractivity contribution in [3.05, 3.63) is 65.2 Å². The molecule has 1 aliphatic heterocycles. The molecule has 1 heterocycles. The zero-order valence-electron chi connectivity index (χ0n) is 17.5. The average Bonchev–Trinajstić information content (AvgIpc) is 2.73. The molecule has 2 aromatic rings. The fraction of sp³-hybridized carbons (Fsp3) is 0.458. The molecule has 1 amide bonds. The maximum Gasteiger partial charge on any atom is 0.254 e. The van der Waals surface area contributed by atoms with Crippen LogP contribution >= 0.6 is 0 Å². The quantitative estimate of drug-likeness (QED) is 0.714. The van der Waals surface area contributed by atoms with Crippen molar-refractivity contribution in [3.63, 3.8) is 0 Å². The van der Waals surface area contributed by atoms with Crippen LogP contribution in [0.3, 0.4) is 0 Å². The SMILES string of the molecule is Cc1cccc(C)c1OC[C@H](C)NC(=O)[C@H](OC1CCCCO1)c1ccccc1. The number of carbonyl (C=O) groups excluding carboxylic acids is 1. The van der Waals surface area contributed by atoms with Crippen LogP contribution in [0, 0.1) is 13.8 Å². The van der Waals surface area contributed by atoms with Gasteiger partial charge in [-0.3, -0.25) is 4.79 Å². The van der Waals surface area contributed by atoms with Crippen molar-refractivity contribution in [2.45, 2.75) is 58.5 Å². The fourth-order valence-corrected chi connectivity index (χ4v) is 3.49. The molecule has 0 bridgehead atoms. The molecule has 1 saturated heterocycles. The number of carbonyl (C=O) groups is 1. The van der Waals surface area contributed by atoms with Gasteiger partial charge in [0, 0.05) is 6.61 Å². The molecule has 1 fully saturated rings. The zero-order valence-corrected chi connectivity index (χ0v) is 17.5. The number of hydrogen-bond donors (Lipinski definition) is 1. The van der Waals surface area contributed by atoms with E-state index in [1.165, 1.54) is 0 Å². The molecule has 0 aromatic heterocycles. The van der Waals surface area contributed by atoms with Gasteiger partial charge >= 0.3 is 0 Å². The van der Waals surface area contributed by atoms with Gasteiger partial charge in [-0.05, 0) is 56.7 Å². The Morgan fingerprint density at radius 2 is 1.83 bits per heavy atom. The number of hydrogen-bond acceptors (Lipinski definition) is 4. The Hall–Kier alpha value is -2.37. The van der Waals surface area contributed by atoms with Gasteiger partial charge in [-0.2, -0.15) is 0 Å². The first-order valence-electron chi connectivity index (χ1n) is 10.4. The zero-order chi connectivity index (χ0) is 20.6. The van der Waals surface area contributed by atoms with Crippen molar-refractivity contribution in [1.29, 1.82) is 0 Å². The van der Waals surface area contributed by atoms with Crippen LogP contribution in [0.2, 0.25) is 0 Å². The van der Waals surface area contributed by atoms with Gasteiger partial charge in [0.25, 0.3) is 5.91 Å². The number of aryl methyl sites for hydroxylation is 2. The Bertz CT molecular complexity index is 766. The van der Waals surface area contributed by atoms with Crippen LogP contribution < -0.4 is 10.1 Å². The molecule has 1 aliphatic rings. The van der Waals surface area contributed by atoms with Crippen LogP contribution in [-0.4, -0.2) is 31.5 Å². The molecule has 0 spiro atoms. The molecular formula is C24H31NO4. The second kappa shape index (κ2) is 10.4. The Morgan fingerprint density at radius 1 is 1.10 bits per heavy atom. The van der Waals surface area contributed by atoms with E-state index in [2.05, 4.69) is 5.32 Å². The van der Waals surface area contributed by atoms with Gasteiger partial charge in [-0.15, -0.1) is 0 Å². The summed E-state index contributed by atoms with van der Waals surface area (Å²) < 4.78 is 17.7. The second-order valence-electron chi connectivity index (χ2n) is 7.66. The predicted octanol–water partition coefficient (Wildman–Crippen LogP) is 4.47. The van der Waals surface area contributed by atoms with Gasteiger partial charge in [0.05, 0.1) is 6.04 Å². The monoisotopic (exact) mass is 397 g/mol. The Labute approximate surface area is 173 Å². The van der Waals surface area contributed by atoms with Crippen molar-refractivity contribution in [1.82, 2.24) is 5.32 Å². The summed E-state index contributed by atoms with van der Waals surface area (Å²) in [5.74, 6) is 0.697. The van der Waals surface area contributed by atoms with E-state index in [-0.39, 0.29) is 18.2 Å². The lowest BCUT2D eigenvalue weighted by molar-refractivity contribution is -0.194. The van der Waals surface area contributed by atoms with E-state index in [9.17, 15) is 4.79 Å². The van der Waals surface area contributed by atoms with Crippen LogP contribution in [0.15, 0.2) is 48.5 Å². The van der Waals surface area contributed by atoms with Crippen LogP contribution in [0.1, 0.15) is 49.0 Å². The normalized spacial score (nSPS) is 18.7. The maximum atomic E-state index is 13.0. The van der Waals surface area contributed by atoms with E-state index in [4.69, 9.17) is 14.2 Å². The molecule has 5 nitrogen and oxygen atoms in total. The molecule has 2 aromatic carbocycles. The maximum absolute atomic E-state index is 13.0. The molecule has 0 saturated carbocycles. The Kier molecular flexibility index (Phi) is 7.67. The lowest BCUT2D eigenvalue weighted by atomic mass is 10.1. The van der Waals surface area contributed by atoms with E-state index in [0.717, 1.165) is 41.7 Å². The average molecular weight is 398 g/mol.